The van der Waals surface area contributed by atoms with Crippen LogP contribution in [-0.4, -0.2) is 42.7 Å². The van der Waals surface area contributed by atoms with Crippen molar-refractivity contribution in [2.24, 2.45) is 5.92 Å². The molecule has 4 nitrogen and oxygen atoms in total. The average molecular weight is 190 g/mol. The molecule has 0 amide bonds. The summed E-state index contributed by atoms with van der Waals surface area (Å²) in [4.78, 5) is 10.8. The molecular formula is C8H11FO4. The Bertz CT molecular complexity index is 230. The number of ether oxygens (including phenoxy) is 2. The Balaban J connectivity index is 2.02. The summed E-state index contributed by atoms with van der Waals surface area (Å²) in [5.74, 6) is -1.67. The molecule has 1 N–H and O–H groups in total. The maximum Gasteiger partial charge on any atom is 0.340 e. The summed E-state index contributed by atoms with van der Waals surface area (Å²) in [6, 6.07) is 0. The van der Waals surface area contributed by atoms with Gasteiger partial charge in [-0.05, 0) is 0 Å². The lowest BCUT2D eigenvalue weighted by Gasteiger charge is -2.18. The van der Waals surface area contributed by atoms with Crippen molar-refractivity contribution >= 4 is 5.97 Å². The van der Waals surface area contributed by atoms with Gasteiger partial charge in [0.25, 0.3) is 0 Å². The largest absolute Gasteiger partial charge is 0.467 e. The first-order valence-electron chi connectivity index (χ1n) is 4.20. The van der Waals surface area contributed by atoms with Crippen molar-refractivity contribution < 1.29 is 23.8 Å². The number of methoxy groups -OCH3 is 1. The molecule has 0 bridgehead atoms. The number of epoxide rings is 1. The topological polar surface area (TPSA) is 59.1 Å². The highest BCUT2D eigenvalue weighted by Crippen LogP contribution is 2.45. The molecular weight excluding hydrogens is 179 g/mol. The van der Waals surface area contributed by atoms with Gasteiger partial charge in [0, 0.05) is 6.42 Å². The fourth-order valence-electron chi connectivity index (χ4n) is 1.93. The molecule has 1 saturated carbocycles. The van der Waals surface area contributed by atoms with Crippen molar-refractivity contribution in [2.75, 3.05) is 7.11 Å². The van der Waals surface area contributed by atoms with Gasteiger partial charge >= 0.3 is 5.97 Å². The first-order chi connectivity index (χ1) is 6.15. The first-order valence-corrected chi connectivity index (χ1v) is 4.20. The Hall–Kier alpha value is -0.680. The number of hydrogen-bond acceptors (Lipinski definition) is 4. The van der Waals surface area contributed by atoms with Crippen molar-refractivity contribution in [3.05, 3.63) is 0 Å². The van der Waals surface area contributed by atoms with E-state index in [2.05, 4.69) is 4.74 Å². The van der Waals surface area contributed by atoms with E-state index in [0.29, 0.717) is 6.42 Å². The highest BCUT2D eigenvalue weighted by atomic mass is 19.1. The van der Waals surface area contributed by atoms with Crippen LogP contribution in [0.5, 0.6) is 0 Å². The molecule has 2 unspecified atom stereocenters. The third kappa shape index (κ3) is 1.32. The van der Waals surface area contributed by atoms with Gasteiger partial charge in [0.2, 0.25) is 6.17 Å². The number of rotatable bonds is 2. The van der Waals surface area contributed by atoms with Crippen LogP contribution < -0.4 is 0 Å². The standard InChI is InChI=1S/C8H11FO4/c1-12-8(11)6(9)5-3(10)2-4-7(5)13-4/h3-7,10H,2H2,1H3/t3?,4?,5-,6+,7+/m0/s1. The van der Waals surface area contributed by atoms with E-state index in [1.165, 1.54) is 0 Å². The molecule has 0 spiro atoms. The van der Waals surface area contributed by atoms with Crippen LogP contribution in [0.2, 0.25) is 0 Å². The highest BCUT2D eigenvalue weighted by Gasteiger charge is 2.59. The third-order valence-corrected chi connectivity index (χ3v) is 2.68. The molecule has 0 aromatic heterocycles. The second-order valence-electron chi connectivity index (χ2n) is 3.44. The SMILES string of the molecule is COC(=O)[C@H](F)[C@@H]1C(O)CC2O[C@H]21. The van der Waals surface area contributed by atoms with Crippen LogP contribution in [0.3, 0.4) is 0 Å². The van der Waals surface area contributed by atoms with Gasteiger partial charge < -0.3 is 14.6 Å². The zero-order valence-corrected chi connectivity index (χ0v) is 7.14. The average Bonchev–Trinajstić information content (AvgIpc) is 2.76. The van der Waals surface area contributed by atoms with Gasteiger partial charge in [0.1, 0.15) is 0 Å². The molecule has 0 radical (unpaired) electrons. The Morgan fingerprint density at radius 3 is 2.92 bits per heavy atom. The number of hydrogen-bond donors (Lipinski definition) is 1. The summed E-state index contributed by atoms with van der Waals surface area (Å²) in [7, 11) is 1.13. The predicted molar refractivity (Wildman–Crippen MR) is 39.7 cm³/mol. The molecule has 74 valence electrons. The van der Waals surface area contributed by atoms with Crippen molar-refractivity contribution in [2.45, 2.75) is 30.9 Å². The lowest BCUT2D eigenvalue weighted by molar-refractivity contribution is -0.151. The molecule has 0 aromatic rings. The molecule has 1 aliphatic heterocycles. The molecule has 1 saturated heterocycles. The Morgan fingerprint density at radius 2 is 2.46 bits per heavy atom. The summed E-state index contributed by atoms with van der Waals surface area (Å²) in [6.45, 7) is 0. The van der Waals surface area contributed by atoms with Gasteiger partial charge in [-0.15, -0.1) is 0 Å². The maximum absolute atomic E-state index is 13.3. The minimum absolute atomic E-state index is 0.0529. The number of aliphatic hydroxyl groups is 1. The minimum Gasteiger partial charge on any atom is -0.467 e. The molecule has 1 aliphatic carbocycles. The Kier molecular flexibility index (Phi) is 2.00. The van der Waals surface area contributed by atoms with E-state index in [0.717, 1.165) is 7.11 Å². The van der Waals surface area contributed by atoms with E-state index in [4.69, 9.17) is 4.74 Å². The summed E-state index contributed by atoms with van der Waals surface area (Å²) in [6.07, 6.45) is -2.46. The van der Waals surface area contributed by atoms with E-state index in [1.54, 1.807) is 0 Å². The van der Waals surface area contributed by atoms with Crippen LogP contribution in [-0.2, 0) is 14.3 Å². The molecule has 13 heavy (non-hydrogen) atoms. The van der Waals surface area contributed by atoms with Crippen molar-refractivity contribution in [3.8, 4) is 0 Å². The zero-order chi connectivity index (χ0) is 9.59. The van der Waals surface area contributed by atoms with Gasteiger partial charge in [0.05, 0.1) is 31.3 Å². The molecule has 2 rings (SSSR count). The number of halogens is 1. The van der Waals surface area contributed by atoms with Crippen LogP contribution in [0.15, 0.2) is 0 Å². The zero-order valence-electron chi connectivity index (χ0n) is 7.14. The molecule has 5 atom stereocenters. The monoisotopic (exact) mass is 190 g/mol. The highest BCUT2D eigenvalue weighted by molar-refractivity contribution is 5.75. The quantitative estimate of drug-likeness (QED) is 0.477. The smallest absolute Gasteiger partial charge is 0.340 e. The van der Waals surface area contributed by atoms with E-state index in [1.807, 2.05) is 0 Å². The fourth-order valence-corrected chi connectivity index (χ4v) is 1.93. The second-order valence-corrected chi connectivity index (χ2v) is 3.44. The van der Waals surface area contributed by atoms with E-state index in [9.17, 15) is 14.3 Å². The maximum atomic E-state index is 13.3. The number of esters is 1. The fraction of sp³-hybridized carbons (Fsp3) is 0.875. The number of carbonyl (C=O) groups excluding carboxylic acids is 1. The van der Waals surface area contributed by atoms with Crippen LogP contribution in [0.25, 0.3) is 0 Å². The molecule has 2 aliphatic rings. The van der Waals surface area contributed by atoms with Crippen molar-refractivity contribution in [1.82, 2.24) is 0 Å². The third-order valence-electron chi connectivity index (χ3n) is 2.68. The van der Waals surface area contributed by atoms with E-state index in [-0.39, 0.29) is 12.2 Å². The minimum atomic E-state index is -1.77. The van der Waals surface area contributed by atoms with Crippen molar-refractivity contribution in [3.63, 3.8) is 0 Å². The van der Waals surface area contributed by atoms with Crippen LogP contribution in [0.4, 0.5) is 4.39 Å². The Morgan fingerprint density at radius 1 is 1.77 bits per heavy atom. The molecule has 1 heterocycles. The predicted octanol–water partition coefficient (Wildman–Crippen LogP) is -0.354. The molecule has 2 fully saturated rings. The molecule has 0 aromatic carbocycles. The van der Waals surface area contributed by atoms with Crippen LogP contribution >= 0.6 is 0 Å². The van der Waals surface area contributed by atoms with Crippen molar-refractivity contribution in [1.29, 1.82) is 0 Å². The van der Waals surface area contributed by atoms with Gasteiger partial charge in [-0.1, -0.05) is 0 Å². The summed E-state index contributed by atoms with van der Waals surface area (Å²) in [5.41, 5.74) is 0. The summed E-state index contributed by atoms with van der Waals surface area (Å²) < 4.78 is 22.6. The number of carbonyl (C=O) groups is 1. The van der Waals surface area contributed by atoms with E-state index < -0.39 is 24.2 Å². The Labute approximate surface area is 74.6 Å². The lowest BCUT2D eigenvalue weighted by atomic mass is 9.99. The number of alkyl halides is 1. The summed E-state index contributed by atoms with van der Waals surface area (Å²) in [5, 5.41) is 9.38. The van der Waals surface area contributed by atoms with Gasteiger partial charge in [0.15, 0.2) is 0 Å². The van der Waals surface area contributed by atoms with E-state index >= 15 is 0 Å². The number of aliphatic hydroxyl groups excluding tert-OH is 1. The normalized spacial score (nSPS) is 43.9. The molecule has 5 heteroatoms. The lowest BCUT2D eigenvalue weighted by Crippen LogP contribution is -2.35. The van der Waals surface area contributed by atoms with Crippen LogP contribution in [0, 0.1) is 5.92 Å². The van der Waals surface area contributed by atoms with Gasteiger partial charge in [-0.3, -0.25) is 0 Å². The van der Waals surface area contributed by atoms with Gasteiger partial charge in [-0.2, -0.15) is 0 Å². The summed E-state index contributed by atoms with van der Waals surface area (Å²) >= 11 is 0. The van der Waals surface area contributed by atoms with Crippen LogP contribution in [0.1, 0.15) is 6.42 Å². The second kappa shape index (κ2) is 2.92. The number of fused-ring (bicyclic) bond motifs is 1. The first kappa shape index (κ1) is 8.90. The van der Waals surface area contributed by atoms with Gasteiger partial charge in [-0.25, -0.2) is 9.18 Å².